The molecule has 1 saturated heterocycles. The monoisotopic (exact) mass is 423 g/mol. The van der Waals surface area contributed by atoms with E-state index in [1.54, 1.807) is 17.0 Å². The van der Waals surface area contributed by atoms with Crippen LogP contribution in [0.25, 0.3) is 27.6 Å². The first-order chi connectivity index (χ1) is 15.8. The molecular weight excluding hydrogens is 402 g/mol. The lowest BCUT2D eigenvalue weighted by Crippen LogP contribution is -2.47. The Morgan fingerprint density at radius 2 is 1.44 bits per heavy atom. The van der Waals surface area contributed by atoms with E-state index in [2.05, 4.69) is 49.2 Å². The molecule has 0 amide bonds. The highest BCUT2D eigenvalue weighted by molar-refractivity contribution is 6.02. The number of para-hydroxylation sites is 2. The maximum absolute atomic E-state index is 13.3. The second-order valence-electron chi connectivity index (χ2n) is 7.84. The third-order valence-electron chi connectivity index (χ3n) is 5.99. The van der Waals surface area contributed by atoms with E-state index in [9.17, 15) is 4.79 Å². The number of aromatic nitrogens is 5. The van der Waals surface area contributed by atoms with E-state index in [1.807, 2.05) is 36.4 Å². The molecule has 8 nitrogen and oxygen atoms in total. The summed E-state index contributed by atoms with van der Waals surface area (Å²) in [5, 5.41) is 8.37. The fraction of sp³-hybridized carbons (Fsp3) is 0.167. The molecule has 0 spiro atoms. The zero-order valence-corrected chi connectivity index (χ0v) is 17.3. The van der Waals surface area contributed by atoms with Gasteiger partial charge in [-0.3, -0.25) is 14.5 Å². The average Bonchev–Trinajstić information content (AvgIpc) is 3.36. The van der Waals surface area contributed by atoms with Gasteiger partial charge < -0.3 is 9.80 Å². The van der Waals surface area contributed by atoms with Crippen LogP contribution in [0.4, 0.5) is 11.6 Å². The lowest BCUT2D eigenvalue weighted by molar-refractivity contribution is 0.641. The van der Waals surface area contributed by atoms with Gasteiger partial charge in [-0.15, -0.1) is 0 Å². The number of benzene rings is 2. The van der Waals surface area contributed by atoms with Crippen LogP contribution < -0.4 is 15.4 Å². The van der Waals surface area contributed by atoms with E-state index in [0.29, 0.717) is 22.5 Å². The molecule has 1 aliphatic heterocycles. The Balaban J connectivity index is 1.42. The summed E-state index contributed by atoms with van der Waals surface area (Å²) in [7, 11) is 0. The van der Waals surface area contributed by atoms with Crippen molar-refractivity contribution in [3.8, 4) is 5.69 Å². The van der Waals surface area contributed by atoms with E-state index in [4.69, 9.17) is 4.98 Å². The van der Waals surface area contributed by atoms with Crippen LogP contribution in [0, 0.1) is 0 Å². The van der Waals surface area contributed by atoms with Crippen LogP contribution in [0.15, 0.2) is 77.9 Å². The number of fused-ring (bicyclic) bond motifs is 3. The topological polar surface area (TPSA) is 82.9 Å². The number of rotatable bonds is 3. The SMILES string of the molecule is O=c1c2c[nH]nc2c2cnc(N3CCN(c4ccccc4)CC3)nc2n1-c1ccccc1. The van der Waals surface area contributed by atoms with E-state index < -0.39 is 0 Å². The molecule has 0 bridgehead atoms. The fourth-order valence-electron chi connectivity index (χ4n) is 4.35. The lowest BCUT2D eigenvalue weighted by atomic mass is 10.2. The van der Waals surface area contributed by atoms with Crippen LogP contribution in [0.2, 0.25) is 0 Å². The summed E-state index contributed by atoms with van der Waals surface area (Å²) in [6, 6.07) is 20.0. The highest BCUT2D eigenvalue weighted by Crippen LogP contribution is 2.24. The van der Waals surface area contributed by atoms with E-state index in [-0.39, 0.29) is 5.56 Å². The number of aromatic amines is 1. The Kier molecular flexibility index (Phi) is 4.34. The normalized spacial score (nSPS) is 14.4. The number of H-pyrrole nitrogens is 1. The van der Waals surface area contributed by atoms with Crippen molar-refractivity contribution in [1.82, 2.24) is 24.7 Å². The van der Waals surface area contributed by atoms with Crippen LogP contribution in [0.3, 0.4) is 0 Å². The van der Waals surface area contributed by atoms with Gasteiger partial charge in [0.1, 0.15) is 5.52 Å². The summed E-state index contributed by atoms with van der Waals surface area (Å²) >= 11 is 0. The number of anilines is 2. The van der Waals surface area contributed by atoms with Crippen LogP contribution >= 0.6 is 0 Å². The van der Waals surface area contributed by atoms with Crippen molar-refractivity contribution in [1.29, 1.82) is 0 Å². The molecule has 0 unspecified atom stereocenters. The Morgan fingerprint density at radius 3 is 2.16 bits per heavy atom. The molecule has 0 aliphatic carbocycles. The molecule has 0 saturated carbocycles. The van der Waals surface area contributed by atoms with Crippen molar-refractivity contribution >= 4 is 33.6 Å². The van der Waals surface area contributed by atoms with Gasteiger partial charge in [-0.2, -0.15) is 10.1 Å². The second kappa shape index (κ2) is 7.49. The summed E-state index contributed by atoms with van der Waals surface area (Å²) in [5.41, 5.74) is 3.01. The number of piperazine rings is 1. The third-order valence-corrected chi connectivity index (χ3v) is 5.99. The molecule has 1 N–H and O–H groups in total. The molecule has 4 heterocycles. The molecular formula is C24H21N7O. The average molecular weight is 423 g/mol. The smallest absolute Gasteiger partial charge is 0.267 e. The molecule has 8 heteroatoms. The van der Waals surface area contributed by atoms with E-state index in [0.717, 1.165) is 37.3 Å². The first-order valence-corrected chi connectivity index (χ1v) is 10.7. The van der Waals surface area contributed by atoms with E-state index in [1.165, 1.54) is 5.69 Å². The molecule has 0 atom stereocenters. The number of pyridine rings is 1. The van der Waals surface area contributed by atoms with Crippen LogP contribution in [-0.4, -0.2) is 50.9 Å². The summed E-state index contributed by atoms with van der Waals surface area (Å²) in [4.78, 5) is 27.4. The molecule has 1 aliphatic rings. The number of nitrogens with zero attached hydrogens (tertiary/aromatic N) is 6. The van der Waals surface area contributed by atoms with Crippen molar-refractivity contribution in [2.75, 3.05) is 36.0 Å². The minimum absolute atomic E-state index is 0.147. The minimum atomic E-state index is -0.147. The van der Waals surface area contributed by atoms with Gasteiger partial charge in [0, 0.05) is 44.3 Å². The van der Waals surface area contributed by atoms with E-state index >= 15 is 0 Å². The predicted octanol–water partition coefficient (Wildman–Crippen LogP) is 2.98. The van der Waals surface area contributed by atoms with Gasteiger partial charge in [-0.1, -0.05) is 36.4 Å². The molecule has 1 fully saturated rings. The number of nitrogens with one attached hydrogen (secondary N) is 1. The van der Waals surface area contributed by atoms with Crippen LogP contribution in [-0.2, 0) is 0 Å². The van der Waals surface area contributed by atoms with Gasteiger partial charge in [-0.05, 0) is 24.3 Å². The molecule has 6 rings (SSSR count). The summed E-state index contributed by atoms with van der Waals surface area (Å²) < 4.78 is 1.65. The van der Waals surface area contributed by atoms with Crippen LogP contribution in [0.5, 0.6) is 0 Å². The molecule has 0 radical (unpaired) electrons. The Labute approximate surface area is 183 Å². The first-order valence-electron chi connectivity index (χ1n) is 10.7. The third kappa shape index (κ3) is 2.99. The van der Waals surface area contributed by atoms with Gasteiger partial charge in [0.2, 0.25) is 5.95 Å². The van der Waals surface area contributed by atoms with Crippen molar-refractivity contribution in [3.63, 3.8) is 0 Å². The molecule has 32 heavy (non-hydrogen) atoms. The first kappa shape index (κ1) is 18.6. The van der Waals surface area contributed by atoms with Crippen LogP contribution in [0.1, 0.15) is 0 Å². The minimum Gasteiger partial charge on any atom is -0.368 e. The highest BCUT2D eigenvalue weighted by Gasteiger charge is 2.22. The summed E-state index contributed by atoms with van der Waals surface area (Å²) in [6.07, 6.45) is 3.41. The fourth-order valence-corrected chi connectivity index (χ4v) is 4.35. The molecule has 3 aromatic heterocycles. The van der Waals surface area contributed by atoms with Gasteiger partial charge in [0.25, 0.3) is 5.56 Å². The standard InChI is InChI=1S/C24H21N7O/c32-23-20-16-26-28-21(20)19-15-25-24(27-22(19)31(23)18-9-5-2-6-10-18)30-13-11-29(12-14-30)17-7-3-1-4-8-17/h1-10,15-16H,11-14H2,(H,26,28). The summed E-state index contributed by atoms with van der Waals surface area (Å²) in [5.74, 6) is 0.629. The van der Waals surface area contributed by atoms with Crippen molar-refractivity contribution in [2.24, 2.45) is 0 Å². The highest BCUT2D eigenvalue weighted by atomic mass is 16.1. The molecule has 5 aromatic rings. The Hall–Kier alpha value is -4.20. The largest absolute Gasteiger partial charge is 0.368 e. The molecule has 2 aromatic carbocycles. The molecule has 158 valence electrons. The van der Waals surface area contributed by atoms with Crippen molar-refractivity contribution in [3.05, 3.63) is 83.4 Å². The van der Waals surface area contributed by atoms with Crippen molar-refractivity contribution < 1.29 is 0 Å². The number of hydrogen-bond acceptors (Lipinski definition) is 6. The maximum atomic E-state index is 13.3. The second-order valence-corrected chi connectivity index (χ2v) is 7.84. The lowest BCUT2D eigenvalue weighted by Gasteiger charge is -2.36. The Bertz CT molecular complexity index is 1450. The Morgan fingerprint density at radius 1 is 0.781 bits per heavy atom. The van der Waals surface area contributed by atoms with Gasteiger partial charge in [-0.25, -0.2) is 4.98 Å². The zero-order chi connectivity index (χ0) is 21.5. The van der Waals surface area contributed by atoms with Gasteiger partial charge >= 0.3 is 0 Å². The summed E-state index contributed by atoms with van der Waals surface area (Å²) in [6.45, 7) is 3.38. The van der Waals surface area contributed by atoms with Crippen molar-refractivity contribution in [2.45, 2.75) is 0 Å². The number of hydrogen-bond donors (Lipinski definition) is 1. The quantitative estimate of drug-likeness (QED) is 0.480. The zero-order valence-electron chi connectivity index (χ0n) is 17.3. The predicted molar refractivity (Wildman–Crippen MR) is 126 cm³/mol. The maximum Gasteiger partial charge on any atom is 0.267 e. The van der Waals surface area contributed by atoms with Gasteiger partial charge in [0.15, 0.2) is 5.65 Å². The van der Waals surface area contributed by atoms with Gasteiger partial charge in [0.05, 0.1) is 16.5 Å².